The zero-order valence-electron chi connectivity index (χ0n) is 10.5. The lowest BCUT2D eigenvalue weighted by Gasteiger charge is -2.24. The highest BCUT2D eigenvalue weighted by molar-refractivity contribution is 7.10. The van der Waals surface area contributed by atoms with E-state index >= 15 is 0 Å². The number of rotatable bonds is 3. The minimum atomic E-state index is -1.10. The molecule has 1 aliphatic rings. The van der Waals surface area contributed by atoms with E-state index in [1.807, 2.05) is 17.4 Å². The van der Waals surface area contributed by atoms with Crippen LogP contribution in [0.2, 0.25) is 0 Å². The zero-order chi connectivity index (χ0) is 13.2. The molecule has 1 aliphatic heterocycles. The van der Waals surface area contributed by atoms with Gasteiger partial charge in [0.25, 0.3) is 0 Å². The van der Waals surface area contributed by atoms with Crippen LogP contribution in [0.15, 0.2) is 35.7 Å². The molecule has 1 aromatic heterocycles. The van der Waals surface area contributed by atoms with Crippen molar-refractivity contribution in [2.45, 2.75) is 19.5 Å². The van der Waals surface area contributed by atoms with E-state index in [2.05, 4.69) is 11.4 Å². The largest absolute Gasteiger partial charge is 0.545 e. The fourth-order valence-corrected chi connectivity index (χ4v) is 3.55. The Hall–Kier alpha value is -1.65. The van der Waals surface area contributed by atoms with Gasteiger partial charge in [0.2, 0.25) is 0 Å². The average molecular weight is 273 g/mol. The van der Waals surface area contributed by atoms with Crippen LogP contribution in [-0.2, 0) is 19.5 Å². The summed E-state index contributed by atoms with van der Waals surface area (Å²) in [6.07, 6.45) is 1.13. The molecule has 3 rings (SSSR count). The third kappa shape index (κ3) is 2.69. The molecule has 0 amide bonds. The number of hydrogen-bond donors (Lipinski definition) is 1. The van der Waals surface area contributed by atoms with Gasteiger partial charge in [0.1, 0.15) is 13.1 Å². The molecule has 0 aliphatic carbocycles. The Morgan fingerprint density at radius 2 is 2.26 bits per heavy atom. The molecule has 98 valence electrons. The number of carboxylic acids is 1. The maximum Gasteiger partial charge on any atom is 0.104 e. The Morgan fingerprint density at radius 3 is 3.11 bits per heavy atom. The normalized spacial score (nSPS) is 18.0. The maximum atomic E-state index is 10.9. The fourth-order valence-electron chi connectivity index (χ4n) is 2.64. The first kappa shape index (κ1) is 12.4. The molecular formula is C15H15NO2S. The average Bonchev–Trinajstić information content (AvgIpc) is 2.86. The molecule has 2 aromatic rings. The standard InChI is InChI=1S/C15H15NO2S/c17-15(18)12-3-1-2-11(8-12)9-16-6-4-14-13(10-16)5-7-19-14/h1-3,5,7-8H,4,6,9-10H2,(H,17,18). The number of carbonyl (C=O) groups excluding carboxylic acids is 1. The lowest BCUT2D eigenvalue weighted by molar-refractivity contribution is -0.929. The highest BCUT2D eigenvalue weighted by Gasteiger charge is 2.20. The summed E-state index contributed by atoms with van der Waals surface area (Å²) in [6.45, 7) is 3.02. The first-order valence-electron chi connectivity index (χ1n) is 6.41. The molecule has 0 fully saturated rings. The van der Waals surface area contributed by atoms with E-state index in [-0.39, 0.29) is 5.56 Å². The van der Waals surface area contributed by atoms with E-state index in [9.17, 15) is 9.90 Å². The number of quaternary nitrogens is 1. The molecule has 19 heavy (non-hydrogen) atoms. The van der Waals surface area contributed by atoms with Gasteiger partial charge in [-0.25, -0.2) is 0 Å². The van der Waals surface area contributed by atoms with Gasteiger partial charge in [-0.2, -0.15) is 0 Å². The summed E-state index contributed by atoms with van der Waals surface area (Å²) in [4.78, 5) is 13.9. The molecule has 0 spiro atoms. The molecule has 0 saturated carbocycles. The van der Waals surface area contributed by atoms with Gasteiger partial charge >= 0.3 is 0 Å². The zero-order valence-corrected chi connectivity index (χ0v) is 11.3. The van der Waals surface area contributed by atoms with Gasteiger partial charge in [-0.1, -0.05) is 18.2 Å². The molecule has 4 heteroatoms. The second-order valence-electron chi connectivity index (χ2n) is 4.96. The number of benzene rings is 1. The van der Waals surface area contributed by atoms with Crippen molar-refractivity contribution in [3.05, 3.63) is 57.3 Å². The van der Waals surface area contributed by atoms with Gasteiger partial charge in [-0.3, -0.25) is 0 Å². The third-order valence-electron chi connectivity index (χ3n) is 3.60. The molecule has 0 saturated heterocycles. The molecule has 2 heterocycles. The van der Waals surface area contributed by atoms with Crippen molar-refractivity contribution in [1.82, 2.24) is 0 Å². The van der Waals surface area contributed by atoms with E-state index in [1.54, 1.807) is 18.2 Å². The van der Waals surface area contributed by atoms with E-state index in [1.165, 1.54) is 15.3 Å². The van der Waals surface area contributed by atoms with Crippen molar-refractivity contribution in [1.29, 1.82) is 0 Å². The van der Waals surface area contributed by atoms with E-state index in [0.717, 1.165) is 31.6 Å². The van der Waals surface area contributed by atoms with Crippen molar-refractivity contribution < 1.29 is 14.8 Å². The van der Waals surface area contributed by atoms with Gasteiger partial charge in [0.05, 0.1) is 12.5 Å². The van der Waals surface area contributed by atoms with Crippen LogP contribution >= 0.6 is 11.3 Å². The smallest absolute Gasteiger partial charge is 0.104 e. The van der Waals surface area contributed by atoms with Crippen molar-refractivity contribution in [2.75, 3.05) is 6.54 Å². The molecule has 1 atom stereocenters. The minimum Gasteiger partial charge on any atom is -0.545 e. The van der Waals surface area contributed by atoms with Crippen molar-refractivity contribution in [2.24, 2.45) is 0 Å². The summed E-state index contributed by atoms with van der Waals surface area (Å²) in [5, 5.41) is 13.0. The number of aromatic carboxylic acids is 1. The van der Waals surface area contributed by atoms with Gasteiger partial charge in [0.15, 0.2) is 0 Å². The number of carbonyl (C=O) groups is 1. The Labute approximate surface area is 116 Å². The molecule has 1 N–H and O–H groups in total. The lowest BCUT2D eigenvalue weighted by Crippen LogP contribution is -3.10. The molecule has 1 aromatic carbocycles. The van der Waals surface area contributed by atoms with Gasteiger partial charge in [-0.15, -0.1) is 11.3 Å². The van der Waals surface area contributed by atoms with Crippen LogP contribution in [0.1, 0.15) is 26.4 Å². The van der Waals surface area contributed by atoms with E-state index in [0.29, 0.717) is 0 Å². The summed E-state index contributed by atoms with van der Waals surface area (Å²) < 4.78 is 0. The molecule has 0 radical (unpaired) electrons. The Balaban J connectivity index is 1.72. The highest BCUT2D eigenvalue weighted by atomic mass is 32.1. The first-order valence-corrected chi connectivity index (χ1v) is 7.29. The van der Waals surface area contributed by atoms with Crippen molar-refractivity contribution in [3.63, 3.8) is 0 Å². The summed E-state index contributed by atoms with van der Waals surface area (Å²) >= 11 is 1.84. The first-order chi connectivity index (χ1) is 9.22. The van der Waals surface area contributed by atoms with Crippen LogP contribution in [0.3, 0.4) is 0 Å². The van der Waals surface area contributed by atoms with Crippen LogP contribution < -0.4 is 10.0 Å². The fraction of sp³-hybridized carbons (Fsp3) is 0.267. The second kappa shape index (κ2) is 5.15. The lowest BCUT2D eigenvalue weighted by atomic mass is 10.1. The van der Waals surface area contributed by atoms with Gasteiger partial charge in [-0.05, 0) is 23.1 Å². The SMILES string of the molecule is O=C([O-])c1cccc(C[NH+]2CCc3sccc3C2)c1. The van der Waals surface area contributed by atoms with E-state index < -0.39 is 5.97 Å². The maximum absolute atomic E-state index is 10.9. The monoisotopic (exact) mass is 273 g/mol. The summed E-state index contributed by atoms with van der Waals surface area (Å²) in [7, 11) is 0. The number of fused-ring (bicyclic) bond motifs is 1. The summed E-state index contributed by atoms with van der Waals surface area (Å²) in [6, 6.07) is 9.30. The second-order valence-corrected chi connectivity index (χ2v) is 5.96. The predicted molar refractivity (Wildman–Crippen MR) is 72.0 cm³/mol. The Bertz CT molecular complexity index is 606. The molecule has 1 unspecified atom stereocenters. The summed E-state index contributed by atoms with van der Waals surface area (Å²) in [5.74, 6) is -1.10. The van der Waals surface area contributed by atoms with Gasteiger partial charge in [0, 0.05) is 22.4 Å². The minimum absolute atomic E-state index is 0.269. The van der Waals surface area contributed by atoms with Gasteiger partial charge < -0.3 is 14.8 Å². The Morgan fingerprint density at radius 1 is 1.37 bits per heavy atom. The Kier molecular flexibility index (Phi) is 3.36. The summed E-state index contributed by atoms with van der Waals surface area (Å²) in [5.41, 5.74) is 2.78. The highest BCUT2D eigenvalue weighted by Crippen LogP contribution is 2.18. The van der Waals surface area contributed by atoms with Crippen LogP contribution in [0.4, 0.5) is 0 Å². The quantitative estimate of drug-likeness (QED) is 0.871. The van der Waals surface area contributed by atoms with E-state index in [4.69, 9.17) is 0 Å². The van der Waals surface area contributed by atoms with Crippen LogP contribution in [0.5, 0.6) is 0 Å². The van der Waals surface area contributed by atoms with Crippen LogP contribution in [-0.4, -0.2) is 12.5 Å². The number of thiophene rings is 1. The topological polar surface area (TPSA) is 44.6 Å². The third-order valence-corrected chi connectivity index (χ3v) is 4.62. The number of nitrogens with one attached hydrogen (secondary N) is 1. The number of hydrogen-bond acceptors (Lipinski definition) is 3. The molecular weight excluding hydrogens is 258 g/mol. The molecule has 0 bridgehead atoms. The van der Waals surface area contributed by atoms with Crippen LogP contribution in [0, 0.1) is 0 Å². The predicted octanol–water partition coefficient (Wildman–Crippen LogP) is 0.253. The van der Waals surface area contributed by atoms with Crippen LogP contribution in [0.25, 0.3) is 0 Å². The van der Waals surface area contributed by atoms with Crippen molar-refractivity contribution in [3.8, 4) is 0 Å². The van der Waals surface area contributed by atoms with Crippen molar-refractivity contribution >= 4 is 17.3 Å². The molecule has 3 nitrogen and oxygen atoms in total. The number of carboxylic acid groups (broad SMARTS) is 1.